The summed E-state index contributed by atoms with van der Waals surface area (Å²) in [5.41, 5.74) is -0.796. The minimum atomic E-state index is -0.796. The lowest BCUT2D eigenvalue weighted by molar-refractivity contribution is -0.0964. The van der Waals surface area contributed by atoms with Crippen LogP contribution in [-0.2, 0) is 6.54 Å². The van der Waals surface area contributed by atoms with Crippen molar-refractivity contribution in [2.75, 3.05) is 13.1 Å². The first-order valence-corrected chi connectivity index (χ1v) is 8.06. The molecule has 4 nitrogen and oxygen atoms in total. The molecule has 1 aliphatic rings. The number of para-hydroxylation sites is 1. The summed E-state index contributed by atoms with van der Waals surface area (Å²) in [4.78, 5) is 6.63. The molecule has 3 rings (SSSR count). The van der Waals surface area contributed by atoms with Crippen LogP contribution >= 0.6 is 11.3 Å². The molecule has 2 aromatic rings. The fraction of sp³-hybridized carbons (Fsp3) is 0.438. The van der Waals surface area contributed by atoms with Gasteiger partial charge in [0.15, 0.2) is 0 Å². The highest BCUT2D eigenvalue weighted by atomic mass is 32.1. The van der Waals surface area contributed by atoms with E-state index in [0.29, 0.717) is 13.0 Å². The molecule has 0 saturated carbocycles. The Balaban J connectivity index is 1.67. The zero-order valence-electron chi connectivity index (χ0n) is 12.1. The highest BCUT2D eigenvalue weighted by Crippen LogP contribution is 2.27. The van der Waals surface area contributed by atoms with E-state index >= 15 is 0 Å². The average molecular weight is 304 g/mol. The van der Waals surface area contributed by atoms with E-state index in [1.807, 2.05) is 48.8 Å². The maximum atomic E-state index is 10.6. The van der Waals surface area contributed by atoms with Gasteiger partial charge in [-0.2, -0.15) is 0 Å². The SMILES string of the molecule is C[C@@]1(O)CCN(Cc2nccs2)C[C@H]1Oc1ccccc1. The van der Waals surface area contributed by atoms with Crippen molar-refractivity contribution in [2.45, 2.75) is 31.6 Å². The van der Waals surface area contributed by atoms with Crippen LogP contribution in [0.25, 0.3) is 0 Å². The minimum Gasteiger partial charge on any atom is -0.486 e. The molecule has 1 aromatic heterocycles. The number of piperidine rings is 1. The summed E-state index contributed by atoms with van der Waals surface area (Å²) >= 11 is 1.67. The maximum Gasteiger partial charge on any atom is 0.140 e. The van der Waals surface area contributed by atoms with E-state index in [1.54, 1.807) is 11.3 Å². The van der Waals surface area contributed by atoms with Crippen LogP contribution in [0.15, 0.2) is 41.9 Å². The van der Waals surface area contributed by atoms with Gasteiger partial charge in [0.1, 0.15) is 22.5 Å². The van der Waals surface area contributed by atoms with Gasteiger partial charge >= 0.3 is 0 Å². The van der Waals surface area contributed by atoms with Crippen LogP contribution in [0.1, 0.15) is 18.4 Å². The standard InChI is InChI=1S/C16H20N2O2S/c1-16(19)7-9-18(12-15-17-8-10-21-15)11-14(16)20-13-5-3-2-4-6-13/h2-6,8,10,14,19H,7,9,11-12H2,1H3/t14-,16-/m1/s1. The molecule has 1 aromatic carbocycles. The number of ether oxygens (including phenoxy) is 1. The van der Waals surface area contributed by atoms with Gasteiger partial charge < -0.3 is 9.84 Å². The molecule has 1 fully saturated rings. The summed E-state index contributed by atoms with van der Waals surface area (Å²) in [6, 6.07) is 9.70. The average Bonchev–Trinajstić information content (AvgIpc) is 2.97. The van der Waals surface area contributed by atoms with Gasteiger partial charge in [0.25, 0.3) is 0 Å². The minimum absolute atomic E-state index is 0.228. The van der Waals surface area contributed by atoms with Crippen LogP contribution in [-0.4, -0.2) is 39.8 Å². The smallest absolute Gasteiger partial charge is 0.140 e. The van der Waals surface area contributed by atoms with Gasteiger partial charge in [0, 0.05) is 24.7 Å². The van der Waals surface area contributed by atoms with E-state index in [2.05, 4.69) is 9.88 Å². The summed E-state index contributed by atoms with van der Waals surface area (Å²) in [7, 11) is 0. The predicted octanol–water partition coefficient (Wildman–Crippen LogP) is 2.55. The first-order valence-electron chi connectivity index (χ1n) is 7.18. The highest BCUT2D eigenvalue weighted by molar-refractivity contribution is 7.09. The van der Waals surface area contributed by atoms with Crippen molar-refractivity contribution in [3.05, 3.63) is 46.9 Å². The maximum absolute atomic E-state index is 10.6. The third kappa shape index (κ3) is 3.61. The molecule has 0 radical (unpaired) electrons. The van der Waals surface area contributed by atoms with Crippen LogP contribution in [0.2, 0.25) is 0 Å². The zero-order valence-corrected chi connectivity index (χ0v) is 12.9. The largest absolute Gasteiger partial charge is 0.486 e. The number of aromatic nitrogens is 1. The van der Waals surface area contributed by atoms with E-state index in [4.69, 9.17) is 4.74 Å². The lowest BCUT2D eigenvalue weighted by Crippen LogP contribution is -2.56. The zero-order chi connectivity index (χ0) is 14.7. The van der Waals surface area contributed by atoms with Crippen molar-refractivity contribution in [1.29, 1.82) is 0 Å². The van der Waals surface area contributed by atoms with Gasteiger partial charge in [-0.1, -0.05) is 18.2 Å². The molecule has 1 aliphatic heterocycles. The van der Waals surface area contributed by atoms with Crippen LogP contribution in [0.5, 0.6) is 5.75 Å². The van der Waals surface area contributed by atoms with E-state index in [1.165, 1.54) is 0 Å². The molecule has 0 bridgehead atoms. The van der Waals surface area contributed by atoms with E-state index in [0.717, 1.165) is 23.8 Å². The molecule has 2 atom stereocenters. The van der Waals surface area contributed by atoms with Crippen molar-refractivity contribution in [2.24, 2.45) is 0 Å². The third-order valence-electron chi connectivity index (χ3n) is 3.92. The number of hydrogen-bond acceptors (Lipinski definition) is 5. The Morgan fingerprint density at radius 2 is 2.24 bits per heavy atom. The van der Waals surface area contributed by atoms with Crippen molar-refractivity contribution >= 4 is 11.3 Å². The van der Waals surface area contributed by atoms with Crippen molar-refractivity contribution in [1.82, 2.24) is 9.88 Å². The Bertz CT molecular complexity index is 557. The quantitative estimate of drug-likeness (QED) is 0.943. The predicted molar refractivity (Wildman–Crippen MR) is 83.5 cm³/mol. The van der Waals surface area contributed by atoms with Crippen molar-refractivity contribution in [3.63, 3.8) is 0 Å². The Kier molecular flexibility index (Phi) is 4.24. The lowest BCUT2D eigenvalue weighted by Gasteiger charge is -2.42. The number of benzene rings is 1. The topological polar surface area (TPSA) is 45.6 Å². The number of likely N-dealkylation sites (tertiary alicyclic amines) is 1. The van der Waals surface area contributed by atoms with Gasteiger partial charge in [-0.15, -0.1) is 11.3 Å². The van der Waals surface area contributed by atoms with E-state index in [9.17, 15) is 5.11 Å². The van der Waals surface area contributed by atoms with Crippen LogP contribution < -0.4 is 4.74 Å². The fourth-order valence-corrected chi connectivity index (χ4v) is 3.22. The molecule has 1 N–H and O–H groups in total. The molecule has 0 spiro atoms. The van der Waals surface area contributed by atoms with Gasteiger partial charge in [-0.25, -0.2) is 4.98 Å². The second kappa shape index (κ2) is 6.13. The third-order valence-corrected chi connectivity index (χ3v) is 4.68. The molecule has 0 aliphatic carbocycles. The molecule has 2 heterocycles. The van der Waals surface area contributed by atoms with Crippen LogP contribution in [0.4, 0.5) is 0 Å². The summed E-state index contributed by atoms with van der Waals surface area (Å²) in [5.74, 6) is 0.805. The summed E-state index contributed by atoms with van der Waals surface area (Å²) in [6.07, 6.45) is 2.31. The number of hydrogen-bond donors (Lipinski definition) is 1. The molecule has 1 saturated heterocycles. The molecule has 112 valence electrons. The number of aliphatic hydroxyl groups is 1. The number of thiazole rings is 1. The Morgan fingerprint density at radius 1 is 1.43 bits per heavy atom. The van der Waals surface area contributed by atoms with Crippen molar-refractivity contribution < 1.29 is 9.84 Å². The fourth-order valence-electron chi connectivity index (χ4n) is 2.56. The normalized spacial score (nSPS) is 26.7. The molecule has 5 heteroatoms. The lowest BCUT2D eigenvalue weighted by atomic mass is 9.90. The molecule has 21 heavy (non-hydrogen) atoms. The van der Waals surface area contributed by atoms with Crippen LogP contribution in [0, 0.1) is 0 Å². The monoisotopic (exact) mass is 304 g/mol. The molecular weight excluding hydrogens is 284 g/mol. The molecular formula is C16H20N2O2S. The number of rotatable bonds is 4. The van der Waals surface area contributed by atoms with Crippen molar-refractivity contribution in [3.8, 4) is 5.75 Å². The molecule has 0 unspecified atom stereocenters. The van der Waals surface area contributed by atoms with E-state index in [-0.39, 0.29) is 6.10 Å². The van der Waals surface area contributed by atoms with Gasteiger partial charge in [-0.3, -0.25) is 4.90 Å². The summed E-state index contributed by atoms with van der Waals surface area (Å²) in [5, 5.41) is 13.7. The summed E-state index contributed by atoms with van der Waals surface area (Å²) in [6.45, 7) is 4.26. The van der Waals surface area contributed by atoms with E-state index < -0.39 is 5.60 Å². The molecule has 0 amide bonds. The summed E-state index contributed by atoms with van der Waals surface area (Å²) < 4.78 is 6.01. The number of nitrogens with zero attached hydrogens (tertiary/aromatic N) is 2. The van der Waals surface area contributed by atoms with Crippen LogP contribution in [0.3, 0.4) is 0 Å². The first-order chi connectivity index (χ1) is 10.1. The highest BCUT2D eigenvalue weighted by Gasteiger charge is 2.39. The van der Waals surface area contributed by atoms with Gasteiger partial charge in [-0.05, 0) is 25.5 Å². The Labute approximate surface area is 129 Å². The Morgan fingerprint density at radius 3 is 2.95 bits per heavy atom. The Hall–Kier alpha value is -1.43. The second-order valence-electron chi connectivity index (χ2n) is 5.69. The van der Waals surface area contributed by atoms with Gasteiger partial charge in [0.2, 0.25) is 0 Å². The first kappa shape index (κ1) is 14.5. The van der Waals surface area contributed by atoms with Gasteiger partial charge in [0.05, 0.1) is 6.54 Å². The second-order valence-corrected chi connectivity index (χ2v) is 6.67.